The Bertz CT molecular complexity index is 625. The molecular weight excluding hydrogens is 343 g/mol. The fourth-order valence-corrected chi connectivity index (χ4v) is 2.66. The van der Waals surface area contributed by atoms with Crippen LogP contribution in [0.4, 0.5) is 4.79 Å². The van der Waals surface area contributed by atoms with Crippen LogP contribution in [0.1, 0.15) is 20.3 Å². The van der Waals surface area contributed by atoms with Gasteiger partial charge in [0.2, 0.25) is 0 Å². The Balaban J connectivity index is 1.93. The number of rotatable bonds is 6. The molecule has 1 saturated heterocycles. The van der Waals surface area contributed by atoms with Crippen LogP contribution >= 0.6 is 23.2 Å². The minimum atomic E-state index is -1.03. The van der Waals surface area contributed by atoms with Crippen molar-refractivity contribution in [1.29, 1.82) is 0 Å². The number of aliphatic hydroxyl groups excluding tert-OH is 1. The average molecular weight is 361 g/mol. The number of carbonyl (C=O) groups excluding carboxylic acids is 2. The van der Waals surface area contributed by atoms with Gasteiger partial charge in [0.25, 0.3) is 5.91 Å². The van der Waals surface area contributed by atoms with Crippen molar-refractivity contribution < 1.29 is 19.4 Å². The molecule has 1 aliphatic rings. The monoisotopic (exact) mass is 360 g/mol. The van der Waals surface area contributed by atoms with Crippen molar-refractivity contribution >= 4 is 35.1 Å². The molecule has 0 saturated carbocycles. The van der Waals surface area contributed by atoms with E-state index in [2.05, 4.69) is 5.32 Å². The highest BCUT2D eigenvalue weighted by Crippen LogP contribution is 2.27. The summed E-state index contributed by atoms with van der Waals surface area (Å²) in [4.78, 5) is 25.1. The van der Waals surface area contributed by atoms with Gasteiger partial charge in [0, 0.05) is 5.02 Å². The number of halogens is 2. The number of nitrogens with one attached hydrogen (secondary N) is 1. The lowest BCUT2D eigenvalue weighted by Crippen LogP contribution is -2.44. The molecule has 1 aliphatic heterocycles. The minimum absolute atomic E-state index is 0.110. The van der Waals surface area contributed by atoms with Crippen molar-refractivity contribution in [1.82, 2.24) is 10.2 Å². The van der Waals surface area contributed by atoms with Gasteiger partial charge in [-0.2, -0.15) is 0 Å². The van der Waals surface area contributed by atoms with Gasteiger partial charge in [0.1, 0.15) is 24.0 Å². The van der Waals surface area contributed by atoms with E-state index in [0.717, 1.165) is 4.90 Å². The van der Waals surface area contributed by atoms with Crippen LogP contribution in [0.15, 0.2) is 18.2 Å². The summed E-state index contributed by atoms with van der Waals surface area (Å²) in [6.07, 6.45) is -0.559. The fraction of sp³-hybridized carbons (Fsp3) is 0.467. The lowest BCUT2D eigenvalue weighted by molar-refractivity contribution is -0.132. The average Bonchev–Trinajstić information content (AvgIpc) is 2.70. The Kier molecular flexibility index (Phi) is 5.39. The Labute approximate surface area is 144 Å². The molecule has 1 aromatic rings. The molecule has 126 valence electrons. The molecule has 6 nitrogen and oxygen atoms in total. The number of hydrogen-bond acceptors (Lipinski definition) is 4. The lowest BCUT2D eigenvalue weighted by Gasteiger charge is -2.21. The standard InChI is InChI=1S/C15H18Cl2N2O4/c1-3-15(2)13(21)19(14(22)18-15)7-10(20)8-23-12-5-4-9(16)6-11(12)17/h4-6,10,20H,3,7-8H2,1-2H3,(H,18,22)/t10-,15-/m1/s1. The zero-order valence-electron chi connectivity index (χ0n) is 12.8. The van der Waals surface area contributed by atoms with E-state index >= 15 is 0 Å². The molecular formula is C15H18Cl2N2O4. The van der Waals surface area contributed by atoms with Crippen molar-refractivity contribution in [2.75, 3.05) is 13.2 Å². The summed E-state index contributed by atoms with van der Waals surface area (Å²) in [5.41, 5.74) is -0.919. The number of aliphatic hydroxyl groups is 1. The van der Waals surface area contributed by atoms with E-state index in [9.17, 15) is 14.7 Å². The molecule has 0 aliphatic carbocycles. The van der Waals surface area contributed by atoms with Crippen molar-refractivity contribution in [3.63, 3.8) is 0 Å². The number of benzene rings is 1. The number of carbonyl (C=O) groups is 2. The number of urea groups is 1. The predicted molar refractivity (Wildman–Crippen MR) is 86.9 cm³/mol. The Morgan fingerprint density at radius 1 is 1.39 bits per heavy atom. The summed E-state index contributed by atoms with van der Waals surface area (Å²) in [7, 11) is 0. The minimum Gasteiger partial charge on any atom is -0.489 e. The first-order valence-electron chi connectivity index (χ1n) is 7.17. The number of β-amino-alcohol motifs (C(OH)–C–C–N with tert-alkyl or cyclic N) is 1. The van der Waals surface area contributed by atoms with Crippen LogP contribution in [0, 0.1) is 0 Å². The predicted octanol–water partition coefficient (Wildman–Crippen LogP) is 2.45. The Morgan fingerprint density at radius 3 is 2.65 bits per heavy atom. The Hall–Kier alpha value is -1.50. The molecule has 2 atom stereocenters. The highest BCUT2D eigenvalue weighted by Gasteiger charge is 2.46. The summed E-state index contributed by atoms with van der Waals surface area (Å²) >= 11 is 11.8. The first-order chi connectivity index (χ1) is 10.8. The van der Waals surface area contributed by atoms with Crippen LogP contribution in [0.3, 0.4) is 0 Å². The summed E-state index contributed by atoms with van der Waals surface area (Å²) in [5.74, 6) is 0.0132. The van der Waals surface area contributed by atoms with Gasteiger partial charge in [-0.15, -0.1) is 0 Å². The van der Waals surface area contributed by atoms with Crippen LogP contribution in [0.5, 0.6) is 5.75 Å². The highest BCUT2D eigenvalue weighted by atomic mass is 35.5. The number of ether oxygens (including phenoxy) is 1. The van der Waals surface area contributed by atoms with Gasteiger partial charge < -0.3 is 15.2 Å². The normalized spacial score (nSPS) is 22.2. The fourth-order valence-electron chi connectivity index (χ4n) is 2.19. The zero-order valence-corrected chi connectivity index (χ0v) is 14.3. The first kappa shape index (κ1) is 17.8. The van der Waals surface area contributed by atoms with E-state index in [-0.39, 0.29) is 19.1 Å². The molecule has 0 bridgehead atoms. The van der Waals surface area contributed by atoms with Gasteiger partial charge in [-0.25, -0.2) is 4.79 Å². The quantitative estimate of drug-likeness (QED) is 0.763. The molecule has 2 rings (SSSR count). The molecule has 3 amide bonds. The molecule has 0 radical (unpaired) electrons. The molecule has 0 spiro atoms. The molecule has 2 N–H and O–H groups in total. The van der Waals surface area contributed by atoms with Crippen molar-refractivity contribution in [3.05, 3.63) is 28.2 Å². The van der Waals surface area contributed by atoms with Crippen LogP contribution in [0.25, 0.3) is 0 Å². The molecule has 0 aromatic heterocycles. The zero-order chi connectivity index (χ0) is 17.2. The highest BCUT2D eigenvalue weighted by molar-refractivity contribution is 6.35. The van der Waals surface area contributed by atoms with Crippen LogP contribution in [-0.4, -0.2) is 46.7 Å². The van der Waals surface area contributed by atoms with E-state index in [1.807, 2.05) is 6.92 Å². The molecule has 8 heteroatoms. The van der Waals surface area contributed by atoms with E-state index in [0.29, 0.717) is 22.2 Å². The Morgan fingerprint density at radius 2 is 2.09 bits per heavy atom. The largest absolute Gasteiger partial charge is 0.489 e. The van der Waals surface area contributed by atoms with Gasteiger partial charge in [-0.05, 0) is 31.5 Å². The molecule has 1 fully saturated rings. The third kappa shape index (κ3) is 3.88. The molecule has 1 aromatic carbocycles. The second kappa shape index (κ2) is 6.95. The van der Waals surface area contributed by atoms with Crippen molar-refractivity contribution in [2.24, 2.45) is 0 Å². The summed E-state index contributed by atoms with van der Waals surface area (Å²) in [6.45, 7) is 3.21. The number of imide groups is 1. The van der Waals surface area contributed by atoms with E-state index in [4.69, 9.17) is 27.9 Å². The maximum atomic E-state index is 12.2. The molecule has 0 unspecified atom stereocenters. The third-order valence-electron chi connectivity index (χ3n) is 3.77. The summed E-state index contributed by atoms with van der Waals surface area (Å²) in [6, 6.07) is 4.20. The van der Waals surface area contributed by atoms with Gasteiger partial charge in [0.15, 0.2) is 0 Å². The molecule has 23 heavy (non-hydrogen) atoms. The SMILES string of the molecule is CC[C@@]1(C)NC(=O)N(C[C@@H](O)COc2ccc(Cl)cc2Cl)C1=O. The van der Waals surface area contributed by atoms with Crippen molar-refractivity contribution in [2.45, 2.75) is 31.9 Å². The van der Waals surface area contributed by atoms with Crippen LogP contribution in [0.2, 0.25) is 10.0 Å². The topological polar surface area (TPSA) is 78.9 Å². The third-order valence-corrected chi connectivity index (χ3v) is 4.30. The van der Waals surface area contributed by atoms with Crippen molar-refractivity contribution in [3.8, 4) is 5.75 Å². The smallest absolute Gasteiger partial charge is 0.325 e. The summed E-state index contributed by atoms with van der Waals surface area (Å²) in [5, 5.41) is 13.4. The number of nitrogens with zero attached hydrogens (tertiary/aromatic N) is 1. The first-order valence-corrected chi connectivity index (χ1v) is 7.92. The van der Waals surface area contributed by atoms with Gasteiger partial charge in [-0.3, -0.25) is 9.69 Å². The lowest BCUT2D eigenvalue weighted by atomic mass is 9.99. The maximum Gasteiger partial charge on any atom is 0.325 e. The van der Waals surface area contributed by atoms with Gasteiger partial charge >= 0.3 is 6.03 Å². The van der Waals surface area contributed by atoms with E-state index < -0.39 is 17.7 Å². The second-order valence-corrected chi connectivity index (χ2v) is 6.41. The van der Waals surface area contributed by atoms with Crippen LogP contribution in [-0.2, 0) is 4.79 Å². The number of hydrogen-bond donors (Lipinski definition) is 2. The van der Waals surface area contributed by atoms with Gasteiger partial charge in [-0.1, -0.05) is 30.1 Å². The van der Waals surface area contributed by atoms with Crippen LogP contribution < -0.4 is 10.1 Å². The second-order valence-electron chi connectivity index (χ2n) is 5.57. The van der Waals surface area contributed by atoms with E-state index in [1.165, 1.54) is 6.07 Å². The summed E-state index contributed by atoms with van der Waals surface area (Å²) < 4.78 is 5.40. The maximum absolute atomic E-state index is 12.2. The number of amides is 3. The van der Waals surface area contributed by atoms with E-state index in [1.54, 1.807) is 19.1 Å². The molecule has 1 heterocycles. The van der Waals surface area contributed by atoms with Gasteiger partial charge in [0.05, 0.1) is 11.6 Å².